The highest BCUT2D eigenvalue weighted by Gasteiger charge is 2.21. The Labute approximate surface area is 91.9 Å². The SMILES string of the molecule is Cc1cc(F)c(C(CN)CC(=O)O)c(F)c1. The lowest BCUT2D eigenvalue weighted by molar-refractivity contribution is -0.137. The van der Waals surface area contributed by atoms with Crippen LogP contribution < -0.4 is 5.73 Å². The zero-order valence-electron chi connectivity index (χ0n) is 8.84. The third-order valence-corrected chi connectivity index (χ3v) is 2.34. The van der Waals surface area contributed by atoms with Crippen LogP contribution in [0.15, 0.2) is 12.1 Å². The van der Waals surface area contributed by atoms with E-state index < -0.39 is 23.5 Å². The van der Waals surface area contributed by atoms with E-state index >= 15 is 0 Å². The molecule has 0 spiro atoms. The van der Waals surface area contributed by atoms with Crippen LogP contribution in [0.1, 0.15) is 23.5 Å². The van der Waals surface area contributed by atoms with Gasteiger partial charge in [0.15, 0.2) is 0 Å². The molecule has 0 aliphatic heterocycles. The second-order valence-corrected chi connectivity index (χ2v) is 3.67. The molecule has 88 valence electrons. The molecule has 0 bridgehead atoms. The number of aryl methyl sites for hydroxylation is 1. The molecule has 0 amide bonds. The second kappa shape index (κ2) is 5.03. The van der Waals surface area contributed by atoms with Crippen LogP contribution >= 0.6 is 0 Å². The van der Waals surface area contributed by atoms with E-state index in [0.29, 0.717) is 5.56 Å². The zero-order chi connectivity index (χ0) is 12.3. The largest absolute Gasteiger partial charge is 0.481 e. The van der Waals surface area contributed by atoms with Crippen molar-refractivity contribution in [3.8, 4) is 0 Å². The Morgan fingerprint density at radius 3 is 2.31 bits per heavy atom. The minimum atomic E-state index is -1.13. The molecular formula is C11H13F2NO2. The normalized spacial score (nSPS) is 12.5. The van der Waals surface area contributed by atoms with Crippen molar-refractivity contribution < 1.29 is 18.7 Å². The van der Waals surface area contributed by atoms with E-state index in [1.807, 2.05) is 0 Å². The molecule has 0 radical (unpaired) electrons. The fourth-order valence-electron chi connectivity index (χ4n) is 1.62. The predicted octanol–water partition coefficient (Wildman–Crippen LogP) is 1.79. The van der Waals surface area contributed by atoms with Crippen LogP contribution in [0.25, 0.3) is 0 Å². The monoisotopic (exact) mass is 229 g/mol. The van der Waals surface area contributed by atoms with Gasteiger partial charge in [-0.05, 0) is 31.2 Å². The van der Waals surface area contributed by atoms with Gasteiger partial charge < -0.3 is 10.8 Å². The van der Waals surface area contributed by atoms with Crippen molar-refractivity contribution in [1.29, 1.82) is 0 Å². The topological polar surface area (TPSA) is 63.3 Å². The first-order chi connectivity index (χ1) is 7.45. The maximum Gasteiger partial charge on any atom is 0.304 e. The van der Waals surface area contributed by atoms with Crippen LogP contribution in [0.4, 0.5) is 8.78 Å². The number of halogens is 2. The predicted molar refractivity (Wildman–Crippen MR) is 55.1 cm³/mol. The zero-order valence-corrected chi connectivity index (χ0v) is 8.84. The lowest BCUT2D eigenvalue weighted by Crippen LogP contribution is -2.19. The van der Waals surface area contributed by atoms with Gasteiger partial charge in [-0.15, -0.1) is 0 Å². The summed E-state index contributed by atoms with van der Waals surface area (Å²) >= 11 is 0. The number of carboxylic acid groups (broad SMARTS) is 1. The van der Waals surface area contributed by atoms with Crippen LogP contribution in [0.3, 0.4) is 0 Å². The summed E-state index contributed by atoms with van der Waals surface area (Å²) in [5, 5.41) is 8.61. The van der Waals surface area contributed by atoms with Gasteiger partial charge in [-0.2, -0.15) is 0 Å². The fraction of sp³-hybridized carbons (Fsp3) is 0.364. The number of benzene rings is 1. The average Bonchev–Trinajstić information content (AvgIpc) is 2.13. The maximum atomic E-state index is 13.5. The van der Waals surface area contributed by atoms with Crippen LogP contribution in [-0.4, -0.2) is 17.6 Å². The smallest absolute Gasteiger partial charge is 0.304 e. The van der Waals surface area contributed by atoms with Crippen LogP contribution in [0.2, 0.25) is 0 Å². The molecule has 3 nitrogen and oxygen atoms in total. The number of hydrogen-bond donors (Lipinski definition) is 2. The molecule has 3 N–H and O–H groups in total. The van der Waals surface area contributed by atoms with Crippen molar-refractivity contribution in [1.82, 2.24) is 0 Å². The first-order valence-electron chi connectivity index (χ1n) is 4.83. The molecule has 16 heavy (non-hydrogen) atoms. The summed E-state index contributed by atoms with van der Waals surface area (Å²) in [6.45, 7) is 1.45. The summed E-state index contributed by atoms with van der Waals surface area (Å²) in [5.41, 5.74) is 5.54. The van der Waals surface area contributed by atoms with Gasteiger partial charge in [0.25, 0.3) is 0 Å². The Balaban J connectivity index is 3.14. The van der Waals surface area contributed by atoms with E-state index in [0.717, 1.165) is 0 Å². The van der Waals surface area contributed by atoms with Crippen LogP contribution in [0, 0.1) is 18.6 Å². The molecule has 0 heterocycles. The lowest BCUT2D eigenvalue weighted by atomic mass is 9.94. The molecule has 0 aromatic heterocycles. The lowest BCUT2D eigenvalue weighted by Gasteiger charge is -2.15. The van der Waals surface area contributed by atoms with Gasteiger partial charge >= 0.3 is 5.97 Å². The number of rotatable bonds is 4. The summed E-state index contributed by atoms with van der Waals surface area (Å²) in [5.74, 6) is -3.45. The Kier molecular flexibility index (Phi) is 3.95. The Hall–Kier alpha value is -1.49. The standard InChI is InChI=1S/C11H13F2NO2/c1-6-2-8(12)11(9(13)3-6)7(5-14)4-10(15)16/h2-3,7H,4-5,14H2,1H3,(H,15,16). The highest BCUT2D eigenvalue weighted by molar-refractivity contribution is 5.68. The molecule has 0 fully saturated rings. The van der Waals surface area contributed by atoms with Crippen molar-refractivity contribution in [3.05, 3.63) is 34.9 Å². The van der Waals surface area contributed by atoms with Crippen molar-refractivity contribution in [2.45, 2.75) is 19.3 Å². The third-order valence-electron chi connectivity index (χ3n) is 2.34. The molecule has 1 rings (SSSR count). The van der Waals surface area contributed by atoms with E-state index in [-0.39, 0.29) is 18.5 Å². The van der Waals surface area contributed by atoms with E-state index in [1.165, 1.54) is 12.1 Å². The third kappa shape index (κ3) is 2.76. The number of carboxylic acids is 1. The molecule has 1 atom stereocenters. The molecule has 0 saturated carbocycles. The van der Waals surface area contributed by atoms with Crippen molar-refractivity contribution in [3.63, 3.8) is 0 Å². The Morgan fingerprint density at radius 2 is 1.94 bits per heavy atom. The molecule has 1 aromatic rings. The summed E-state index contributed by atoms with van der Waals surface area (Å²) in [6, 6.07) is 2.34. The van der Waals surface area contributed by atoms with Crippen LogP contribution in [0.5, 0.6) is 0 Å². The van der Waals surface area contributed by atoms with Crippen molar-refractivity contribution in [2.24, 2.45) is 5.73 Å². The Bertz CT molecular complexity index is 384. The van der Waals surface area contributed by atoms with Gasteiger partial charge in [-0.3, -0.25) is 4.79 Å². The van der Waals surface area contributed by atoms with Crippen molar-refractivity contribution in [2.75, 3.05) is 6.54 Å². The van der Waals surface area contributed by atoms with Crippen LogP contribution in [-0.2, 0) is 4.79 Å². The molecule has 0 saturated heterocycles. The summed E-state index contributed by atoms with van der Waals surface area (Å²) in [4.78, 5) is 10.5. The number of aliphatic carboxylic acids is 1. The minimum Gasteiger partial charge on any atom is -0.481 e. The van der Waals surface area contributed by atoms with E-state index in [1.54, 1.807) is 6.92 Å². The second-order valence-electron chi connectivity index (χ2n) is 3.67. The van der Waals surface area contributed by atoms with Gasteiger partial charge in [0.1, 0.15) is 11.6 Å². The number of carbonyl (C=O) groups is 1. The van der Waals surface area contributed by atoms with Gasteiger partial charge in [-0.25, -0.2) is 8.78 Å². The highest BCUT2D eigenvalue weighted by atomic mass is 19.1. The number of hydrogen-bond acceptors (Lipinski definition) is 2. The Morgan fingerprint density at radius 1 is 1.44 bits per heavy atom. The summed E-state index contributed by atoms with van der Waals surface area (Å²) < 4.78 is 27.0. The summed E-state index contributed by atoms with van der Waals surface area (Å²) in [6.07, 6.45) is -0.382. The fourth-order valence-corrected chi connectivity index (χ4v) is 1.62. The minimum absolute atomic E-state index is 0.108. The highest BCUT2D eigenvalue weighted by Crippen LogP contribution is 2.25. The number of nitrogens with two attached hydrogens (primary N) is 1. The van der Waals surface area contributed by atoms with Gasteiger partial charge in [0, 0.05) is 11.5 Å². The average molecular weight is 229 g/mol. The van der Waals surface area contributed by atoms with Gasteiger partial charge in [0.05, 0.1) is 6.42 Å². The molecule has 0 aliphatic carbocycles. The first kappa shape index (κ1) is 12.6. The summed E-state index contributed by atoms with van der Waals surface area (Å²) in [7, 11) is 0. The van der Waals surface area contributed by atoms with Crippen molar-refractivity contribution >= 4 is 5.97 Å². The molecule has 1 aromatic carbocycles. The first-order valence-corrected chi connectivity index (χ1v) is 4.83. The van der Waals surface area contributed by atoms with Gasteiger partial charge in [-0.1, -0.05) is 0 Å². The maximum absolute atomic E-state index is 13.5. The molecule has 1 unspecified atom stereocenters. The van der Waals surface area contributed by atoms with E-state index in [2.05, 4.69) is 0 Å². The molecule has 0 aliphatic rings. The molecule has 5 heteroatoms. The van der Waals surface area contributed by atoms with Gasteiger partial charge in [0.2, 0.25) is 0 Å². The van der Waals surface area contributed by atoms with E-state index in [9.17, 15) is 13.6 Å². The van der Waals surface area contributed by atoms with E-state index in [4.69, 9.17) is 10.8 Å². The quantitative estimate of drug-likeness (QED) is 0.827. The molecular weight excluding hydrogens is 216 g/mol.